The van der Waals surface area contributed by atoms with E-state index < -0.39 is 0 Å². The van der Waals surface area contributed by atoms with Crippen LogP contribution in [0, 0.1) is 0 Å². The fourth-order valence-electron chi connectivity index (χ4n) is 2.04. The van der Waals surface area contributed by atoms with Crippen molar-refractivity contribution in [2.45, 2.75) is 25.0 Å². The first-order valence-electron chi connectivity index (χ1n) is 7.60. The number of aryl methyl sites for hydroxylation is 1. The van der Waals surface area contributed by atoms with Crippen LogP contribution < -0.4 is 27.2 Å². The van der Waals surface area contributed by atoms with Gasteiger partial charge in [-0.25, -0.2) is 4.68 Å². The molecule has 0 amide bonds. The number of aromatic nitrogens is 4. The van der Waals surface area contributed by atoms with Crippen molar-refractivity contribution in [3.63, 3.8) is 0 Å². The highest BCUT2D eigenvalue weighted by Crippen LogP contribution is 2.27. The van der Waals surface area contributed by atoms with Gasteiger partial charge in [0.1, 0.15) is 0 Å². The van der Waals surface area contributed by atoms with Crippen LogP contribution in [0.1, 0.15) is 18.9 Å². The number of rotatable bonds is 10. The molecule has 2 aromatic rings. The van der Waals surface area contributed by atoms with Gasteiger partial charge in [0.05, 0.1) is 13.7 Å². The predicted octanol–water partition coefficient (Wildman–Crippen LogP) is -1.11. The maximum atomic E-state index is 5.59. The molecule has 0 spiro atoms. The van der Waals surface area contributed by atoms with Crippen molar-refractivity contribution in [2.75, 3.05) is 26.0 Å². The second-order valence-electron chi connectivity index (χ2n) is 4.88. The Labute approximate surface area is 152 Å². The smallest absolute Gasteiger partial charge is 0.209 e. The number of ether oxygens (including phenoxy) is 2. The first kappa shape index (κ1) is 20.5. The molecule has 7 nitrogen and oxygen atoms in total. The van der Waals surface area contributed by atoms with E-state index in [0.29, 0.717) is 6.61 Å². The SMILES string of the molecule is CCOc1cc(CNCCCSc2nnnn2C)ccc1OC.[Cl-]. The van der Waals surface area contributed by atoms with E-state index in [4.69, 9.17) is 9.47 Å². The average Bonchev–Trinajstić information content (AvgIpc) is 2.96. The number of hydrogen-bond donors (Lipinski definition) is 1. The first-order valence-corrected chi connectivity index (χ1v) is 8.58. The Morgan fingerprint density at radius 3 is 2.79 bits per heavy atom. The third kappa shape index (κ3) is 6.18. The molecule has 0 bridgehead atoms. The van der Waals surface area contributed by atoms with Gasteiger partial charge in [0, 0.05) is 19.3 Å². The Morgan fingerprint density at radius 2 is 2.12 bits per heavy atom. The predicted molar refractivity (Wildman–Crippen MR) is 90.0 cm³/mol. The van der Waals surface area contributed by atoms with Gasteiger partial charge in [-0.1, -0.05) is 17.8 Å². The highest BCUT2D eigenvalue weighted by molar-refractivity contribution is 7.99. The van der Waals surface area contributed by atoms with Crippen molar-refractivity contribution in [1.29, 1.82) is 0 Å². The van der Waals surface area contributed by atoms with E-state index in [2.05, 4.69) is 20.8 Å². The molecule has 1 aromatic carbocycles. The molecule has 1 N–H and O–H groups in total. The van der Waals surface area contributed by atoms with Crippen molar-refractivity contribution < 1.29 is 21.9 Å². The van der Waals surface area contributed by atoms with Crippen LogP contribution >= 0.6 is 11.8 Å². The number of tetrazole rings is 1. The molecule has 0 saturated heterocycles. The average molecular weight is 373 g/mol. The molecule has 0 unspecified atom stereocenters. The second kappa shape index (κ2) is 11.1. The van der Waals surface area contributed by atoms with Crippen LogP contribution in [0.2, 0.25) is 0 Å². The highest BCUT2D eigenvalue weighted by atomic mass is 35.5. The van der Waals surface area contributed by atoms with Crippen molar-refractivity contribution in [2.24, 2.45) is 7.05 Å². The zero-order valence-corrected chi connectivity index (χ0v) is 15.7. The number of nitrogens with zero attached hydrogens (tertiary/aromatic N) is 4. The van der Waals surface area contributed by atoms with Gasteiger partial charge in [-0.05, 0) is 48.0 Å². The molecular weight excluding hydrogens is 350 g/mol. The monoisotopic (exact) mass is 372 g/mol. The fourth-order valence-corrected chi connectivity index (χ4v) is 2.83. The van der Waals surface area contributed by atoms with Gasteiger partial charge in [0.2, 0.25) is 5.16 Å². The minimum atomic E-state index is 0. The Morgan fingerprint density at radius 1 is 1.29 bits per heavy atom. The summed E-state index contributed by atoms with van der Waals surface area (Å²) in [5, 5.41) is 15.7. The van der Waals surface area contributed by atoms with E-state index in [9.17, 15) is 0 Å². The lowest BCUT2D eigenvalue weighted by molar-refractivity contribution is -0.00000577. The molecule has 0 aliphatic heterocycles. The summed E-state index contributed by atoms with van der Waals surface area (Å²) in [6.45, 7) is 4.34. The van der Waals surface area contributed by atoms with E-state index in [-0.39, 0.29) is 12.4 Å². The second-order valence-corrected chi connectivity index (χ2v) is 5.94. The minimum Gasteiger partial charge on any atom is -1.00 e. The van der Waals surface area contributed by atoms with E-state index in [1.807, 2.05) is 32.2 Å². The summed E-state index contributed by atoms with van der Waals surface area (Å²) in [5.74, 6) is 2.54. The lowest BCUT2D eigenvalue weighted by Gasteiger charge is -2.11. The van der Waals surface area contributed by atoms with Gasteiger partial charge in [-0.15, -0.1) is 5.10 Å². The van der Waals surface area contributed by atoms with Crippen LogP contribution in [0.15, 0.2) is 23.4 Å². The molecule has 0 aliphatic carbocycles. The molecule has 0 aliphatic rings. The zero-order valence-electron chi connectivity index (χ0n) is 14.2. The molecule has 1 aromatic heterocycles. The maximum absolute atomic E-state index is 5.59. The Kier molecular flexibility index (Phi) is 9.51. The molecule has 0 fully saturated rings. The van der Waals surface area contributed by atoms with E-state index in [1.54, 1.807) is 23.6 Å². The summed E-state index contributed by atoms with van der Waals surface area (Å²) in [6, 6.07) is 6.02. The number of methoxy groups -OCH3 is 1. The third-order valence-corrected chi connectivity index (χ3v) is 4.26. The lowest BCUT2D eigenvalue weighted by atomic mass is 10.2. The van der Waals surface area contributed by atoms with Gasteiger partial charge in [0.25, 0.3) is 0 Å². The molecule has 24 heavy (non-hydrogen) atoms. The summed E-state index contributed by atoms with van der Waals surface area (Å²) in [6.07, 6.45) is 1.05. The van der Waals surface area contributed by atoms with Crippen molar-refractivity contribution in [3.05, 3.63) is 23.8 Å². The molecule has 2 rings (SSSR count). The standard InChI is InChI=1S/C15H23N5O2S.ClH/c1-4-22-14-10-12(6-7-13(14)21-3)11-16-8-5-9-23-15-17-18-19-20(15)2;/h6-7,10,16H,4-5,8-9,11H2,1-3H3;1H/p-1. The van der Waals surface area contributed by atoms with E-state index in [1.165, 1.54) is 5.56 Å². The number of benzene rings is 1. The van der Waals surface area contributed by atoms with Crippen molar-refractivity contribution >= 4 is 11.8 Å². The van der Waals surface area contributed by atoms with Crippen LogP contribution in [0.3, 0.4) is 0 Å². The first-order chi connectivity index (χ1) is 11.2. The number of thioether (sulfide) groups is 1. The summed E-state index contributed by atoms with van der Waals surface area (Å²) in [4.78, 5) is 0. The van der Waals surface area contributed by atoms with Crippen molar-refractivity contribution in [1.82, 2.24) is 25.5 Å². The van der Waals surface area contributed by atoms with Gasteiger partial charge in [-0.3, -0.25) is 0 Å². The number of hydrogen-bond acceptors (Lipinski definition) is 7. The van der Waals surface area contributed by atoms with Gasteiger partial charge in [-0.2, -0.15) is 0 Å². The zero-order chi connectivity index (χ0) is 16.5. The number of halogens is 1. The molecule has 1 heterocycles. The van der Waals surface area contributed by atoms with Gasteiger partial charge < -0.3 is 27.2 Å². The van der Waals surface area contributed by atoms with Crippen LogP contribution in [0.25, 0.3) is 0 Å². The van der Waals surface area contributed by atoms with E-state index >= 15 is 0 Å². The topological polar surface area (TPSA) is 74.1 Å². The van der Waals surface area contributed by atoms with Crippen LogP contribution in [0.4, 0.5) is 0 Å². The molecule has 0 radical (unpaired) electrons. The molecular formula is C15H23ClN5O2S-. The number of nitrogens with one attached hydrogen (secondary N) is 1. The Hall–Kier alpha value is -1.51. The molecule has 9 heteroatoms. The third-order valence-electron chi connectivity index (χ3n) is 3.17. The highest BCUT2D eigenvalue weighted by Gasteiger charge is 2.05. The quantitative estimate of drug-likeness (QED) is 0.419. The molecule has 0 atom stereocenters. The lowest BCUT2D eigenvalue weighted by Crippen LogP contribution is -3.00. The van der Waals surface area contributed by atoms with Crippen LogP contribution in [-0.4, -0.2) is 46.2 Å². The summed E-state index contributed by atoms with van der Waals surface area (Å²) in [5.41, 5.74) is 1.18. The van der Waals surface area contributed by atoms with Crippen LogP contribution in [-0.2, 0) is 13.6 Å². The maximum Gasteiger partial charge on any atom is 0.209 e. The summed E-state index contributed by atoms with van der Waals surface area (Å²) in [7, 11) is 3.50. The largest absolute Gasteiger partial charge is 1.00 e. The van der Waals surface area contributed by atoms with Crippen LogP contribution in [0.5, 0.6) is 11.5 Å². The van der Waals surface area contributed by atoms with E-state index in [0.717, 1.165) is 41.9 Å². The van der Waals surface area contributed by atoms with Gasteiger partial charge in [0.15, 0.2) is 11.5 Å². The Bertz CT molecular complexity index is 611. The molecule has 134 valence electrons. The summed E-state index contributed by atoms with van der Waals surface area (Å²) >= 11 is 1.66. The Balaban J connectivity index is 0.00000288. The normalized spacial score (nSPS) is 10.3. The van der Waals surface area contributed by atoms with Crippen molar-refractivity contribution in [3.8, 4) is 11.5 Å². The fraction of sp³-hybridized carbons (Fsp3) is 0.533. The summed E-state index contributed by atoms with van der Waals surface area (Å²) < 4.78 is 12.6. The molecule has 0 saturated carbocycles. The minimum absolute atomic E-state index is 0. The van der Waals surface area contributed by atoms with Gasteiger partial charge >= 0.3 is 0 Å².